The first-order valence-corrected chi connectivity index (χ1v) is 9.61. The van der Waals surface area contributed by atoms with Crippen LogP contribution in [0.3, 0.4) is 0 Å². The zero-order valence-corrected chi connectivity index (χ0v) is 16.5. The molecule has 0 bridgehead atoms. The molecule has 2 heterocycles. The molecule has 1 amide bonds. The van der Waals surface area contributed by atoms with Gasteiger partial charge in [0.05, 0.1) is 17.3 Å². The third-order valence-corrected chi connectivity index (χ3v) is 5.27. The number of benzene rings is 2. The van der Waals surface area contributed by atoms with E-state index in [4.69, 9.17) is 4.74 Å². The van der Waals surface area contributed by atoms with E-state index in [2.05, 4.69) is 20.0 Å². The fourth-order valence-electron chi connectivity index (χ4n) is 2.78. The molecule has 0 unspecified atom stereocenters. The number of fused-ring (bicyclic) bond motifs is 1. The van der Waals surface area contributed by atoms with Crippen molar-refractivity contribution in [1.29, 1.82) is 0 Å². The second-order valence-electron chi connectivity index (χ2n) is 6.12. The highest BCUT2D eigenvalue weighted by Gasteiger charge is 2.15. The van der Waals surface area contributed by atoms with Gasteiger partial charge < -0.3 is 14.8 Å². The maximum Gasteiger partial charge on any atom is 0.387 e. The Balaban J connectivity index is 1.49. The van der Waals surface area contributed by atoms with Crippen molar-refractivity contribution in [2.24, 2.45) is 0 Å². The first-order chi connectivity index (χ1) is 14.5. The Morgan fingerprint density at radius 3 is 2.63 bits per heavy atom. The summed E-state index contributed by atoms with van der Waals surface area (Å²) in [7, 11) is 1.30. The number of hydrogen-bond acceptors (Lipinski definition) is 6. The molecule has 1 N–H and O–H groups in total. The quantitative estimate of drug-likeness (QED) is 0.457. The number of thiazole rings is 1. The van der Waals surface area contributed by atoms with E-state index in [1.807, 2.05) is 30.3 Å². The summed E-state index contributed by atoms with van der Waals surface area (Å²) in [6.45, 7) is -2.99. The zero-order chi connectivity index (χ0) is 21.1. The topological polar surface area (TPSA) is 73.3 Å². The number of amides is 1. The average molecular weight is 427 g/mol. The van der Waals surface area contributed by atoms with Crippen LogP contribution in [0.5, 0.6) is 11.5 Å². The molecule has 2 aromatic carbocycles. The van der Waals surface area contributed by atoms with Gasteiger partial charge in [-0.15, -0.1) is 11.3 Å². The van der Waals surface area contributed by atoms with E-state index in [9.17, 15) is 13.6 Å². The molecule has 9 heteroatoms. The molecule has 0 atom stereocenters. The van der Waals surface area contributed by atoms with Crippen LogP contribution in [0.1, 0.15) is 10.4 Å². The van der Waals surface area contributed by atoms with Gasteiger partial charge in [0.1, 0.15) is 10.8 Å². The van der Waals surface area contributed by atoms with Crippen molar-refractivity contribution in [1.82, 2.24) is 9.97 Å². The molecule has 0 aliphatic rings. The van der Waals surface area contributed by atoms with E-state index in [-0.39, 0.29) is 17.1 Å². The Morgan fingerprint density at radius 2 is 1.93 bits per heavy atom. The summed E-state index contributed by atoms with van der Waals surface area (Å²) in [6.07, 6.45) is 1.63. The number of methoxy groups -OCH3 is 1. The largest absolute Gasteiger partial charge is 0.493 e. The van der Waals surface area contributed by atoms with Crippen LogP contribution >= 0.6 is 11.3 Å². The number of hydrogen-bond donors (Lipinski definition) is 1. The summed E-state index contributed by atoms with van der Waals surface area (Å²) in [4.78, 5) is 21.3. The molecule has 4 rings (SSSR count). The van der Waals surface area contributed by atoms with Gasteiger partial charge in [-0.2, -0.15) is 8.78 Å². The van der Waals surface area contributed by atoms with Crippen LogP contribution < -0.4 is 14.8 Å². The van der Waals surface area contributed by atoms with Crippen molar-refractivity contribution in [2.45, 2.75) is 6.61 Å². The van der Waals surface area contributed by atoms with Gasteiger partial charge >= 0.3 is 6.61 Å². The maximum absolute atomic E-state index is 12.5. The fraction of sp³-hybridized carbons (Fsp3) is 0.0952. The highest BCUT2D eigenvalue weighted by Crippen LogP contribution is 2.31. The second-order valence-corrected chi connectivity index (χ2v) is 7.15. The number of anilines is 1. The molecule has 0 saturated heterocycles. The summed E-state index contributed by atoms with van der Waals surface area (Å²) in [5.41, 5.74) is 1.97. The smallest absolute Gasteiger partial charge is 0.387 e. The standard InChI is InChI=1S/C21H15F2N3O3S/c1-28-16-10-12(6-8-15(16)29-21(22)23)19(27)26-18-9-7-13(11-24-18)20-25-14-4-2-3-5-17(14)30-20/h2-11,21H,1H3,(H,24,26,27). The lowest BCUT2D eigenvalue weighted by Crippen LogP contribution is -2.13. The summed E-state index contributed by atoms with van der Waals surface area (Å²) < 4.78 is 35.3. The number of nitrogens with one attached hydrogen (secondary N) is 1. The van der Waals surface area contributed by atoms with Gasteiger partial charge in [-0.05, 0) is 42.5 Å². The van der Waals surface area contributed by atoms with Crippen LogP contribution in [0.2, 0.25) is 0 Å². The number of ether oxygens (including phenoxy) is 2. The van der Waals surface area contributed by atoms with Crippen molar-refractivity contribution >= 4 is 33.3 Å². The third kappa shape index (κ3) is 4.20. The third-order valence-electron chi connectivity index (χ3n) is 4.19. The molecular formula is C21H15F2N3O3S. The predicted molar refractivity (Wildman–Crippen MR) is 110 cm³/mol. The molecule has 2 aromatic heterocycles. The Hall–Kier alpha value is -3.59. The fourth-order valence-corrected chi connectivity index (χ4v) is 3.74. The number of rotatable bonds is 6. The highest BCUT2D eigenvalue weighted by atomic mass is 32.1. The predicted octanol–water partition coefficient (Wildman–Crippen LogP) is 5.22. The Kier molecular flexibility index (Phi) is 5.53. The summed E-state index contributed by atoms with van der Waals surface area (Å²) in [6, 6.07) is 15.3. The lowest BCUT2D eigenvalue weighted by atomic mass is 10.2. The zero-order valence-electron chi connectivity index (χ0n) is 15.6. The summed E-state index contributed by atoms with van der Waals surface area (Å²) in [5, 5.41) is 3.50. The highest BCUT2D eigenvalue weighted by molar-refractivity contribution is 7.21. The van der Waals surface area contributed by atoms with Crippen molar-refractivity contribution in [3.8, 4) is 22.1 Å². The first kappa shape index (κ1) is 19.7. The molecule has 0 aliphatic carbocycles. The van der Waals surface area contributed by atoms with Gasteiger partial charge in [0.15, 0.2) is 11.5 Å². The van der Waals surface area contributed by atoms with Crippen LogP contribution in [0, 0.1) is 0 Å². The van der Waals surface area contributed by atoms with E-state index < -0.39 is 12.5 Å². The lowest BCUT2D eigenvalue weighted by Gasteiger charge is -2.11. The molecule has 0 spiro atoms. The molecule has 6 nitrogen and oxygen atoms in total. The van der Waals surface area contributed by atoms with Crippen LogP contribution in [0.15, 0.2) is 60.8 Å². The van der Waals surface area contributed by atoms with Crippen LogP contribution in [0.4, 0.5) is 14.6 Å². The van der Waals surface area contributed by atoms with Crippen molar-refractivity contribution < 1.29 is 23.0 Å². The molecular weight excluding hydrogens is 412 g/mol. The Morgan fingerprint density at radius 1 is 1.10 bits per heavy atom. The van der Waals surface area contributed by atoms with Crippen molar-refractivity contribution in [2.75, 3.05) is 12.4 Å². The lowest BCUT2D eigenvalue weighted by molar-refractivity contribution is -0.0512. The van der Waals surface area contributed by atoms with Gasteiger partial charge in [0, 0.05) is 17.3 Å². The Labute approximate surface area is 174 Å². The molecule has 0 fully saturated rings. The number of aromatic nitrogens is 2. The maximum atomic E-state index is 12.5. The van der Waals surface area contributed by atoms with Crippen LogP contribution in [-0.2, 0) is 0 Å². The number of pyridine rings is 1. The van der Waals surface area contributed by atoms with Crippen molar-refractivity contribution in [3.63, 3.8) is 0 Å². The average Bonchev–Trinajstić information content (AvgIpc) is 3.18. The Bertz CT molecular complexity index is 1160. The van der Waals surface area contributed by atoms with E-state index in [0.717, 1.165) is 20.8 Å². The molecule has 0 aliphatic heterocycles. The van der Waals surface area contributed by atoms with Gasteiger partial charge in [-0.1, -0.05) is 12.1 Å². The number of carbonyl (C=O) groups excluding carboxylic acids is 1. The minimum absolute atomic E-state index is 0.0297. The molecule has 0 radical (unpaired) electrons. The van der Waals surface area contributed by atoms with Gasteiger partial charge in [0.2, 0.25) is 0 Å². The summed E-state index contributed by atoms with van der Waals surface area (Å²) >= 11 is 1.56. The molecule has 0 saturated carbocycles. The van der Waals surface area contributed by atoms with E-state index in [1.54, 1.807) is 23.6 Å². The molecule has 30 heavy (non-hydrogen) atoms. The van der Waals surface area contributed by atoms with Crippen LogP contribution in [0.25, 0.3) is 20.8 Å². The van der Waals surface area contributed by atoms with E-state index >= 15 is 0 Å². The van der Waals surface area contributed by atoms with E-state index in [1.165, 1.54) is 25.3 Å². The molecule has 152 valence electrons. The van der Waals surface area contributed by atoms with Gasteiger partial charge in [-0.25, -0.2) is 9.97 Å². The first-order valence-electron chi connectivity index (χ1n) is 8.79. The normalized spacial score (nSPS) is 10.9. The number of alkyl halides is 2. The second kappa shape index (κ2) is 8.42. The van der Waals surface area contributed by atoms with E-state index in [0.29, 0.717) is 5.82 Å². The SMILES string of the molecule is COc1cc(C(=O)Nc2ccc(-c3nc4ccccc4s3)cn2)ccc1OC(F)F. The minimum atomic E-state index is -2.99. The van der Waals surface area contributed by atoms with Crippen LogP contribution in [-0.4, -0.2) is 29.6 Å². The number of halogens is 2. The monoisotopic (exact) mass is 427 g/mol. The number of para-hydroxylation sites is 1. The molecule has 4 aromatic rings. The number of nitrogens with zero attached hydrogens (tertiary/aromatic N) is 2. The van der Waals surface area contributed by atoms with Gasteiger partial charge in [0.25, 0.3) is 5.91 Å². The number of carbonyl (C=O) groups is 1. The van der Waals surface area contributed by atoms with Crippen molar-refractivity contribution in [3.05, 3.63) is 66.4 Å². The summed E-state index contributed by atoms with van der Waals surface area (Å²) in [5.74, 6) is -0.238. The minimum Gasteiger partial charge on any atom is -0.493 e. The van der Waals surface area contributed by atoms with Gasteiger partial charge in [-0.3, -0.25) is 4.79 Å².